The highest BCUT2D eigenvalue weighted by atomic mass is 16.3. The molecule has 0 saturated heterocycles. The monoisotopic (exact) mass is 103 g/mol. The van der Waals surface area contributed by atoms with Gasteiger partial charge in [0.05, 0.1) is 6.10 Å². The van der Waals surface area contributed by atoms with Gasteiger partial charge in [0.1, 0.15) is 0 Å². The summed E-state index contributed by atoms with van der Waals surface area (Å²) in [7, 11) is 0. The molecule has 7 heavy (non-hydrogen) atoms. The summed E-state index contributed by atoms with van der Waals surface area (Å²) in [5, 5.41) is 8.64. The summed E-state index contributed by atoms with van der Waals surface area (Å²) in [5.74, 6) is 0. The van der Waals surface area contributed by atoms with Crippen molar-refractivity contribution in [2.75, 3.05) is 0 Å². The minimum atomic E-state index is -0.250. The minimum absolute atomic E-state index is 0.125. The summed E-state index contributed by atoms with van der Waals surface area (Å²) >= 11 is 0. The fourth-order valence-corrected chi connectivity index (χ4v) is 0.538. The van der Waals surface area contributed by atoms with E-state index in [1.54, 1.807) is 6.92 Å². The van der Waals surface area contributed by atoms with E-state index in [0.29, 0.717) is 6.42 Å². The summed E-state index contributed by atoms with van der Waals surface area (Å²) in [6.07, 6.45) is 0.444. The molecule has 2 atom stereocenters. The molecule has 0 rings (SSSR count). The van der Waals surface area contributed by atoms with Gasteiger partial charge in [0, 0.05) is 6.04 Å². The molecule has 0 bridgehead atoms. The Labute approximate surface area is 44.3 Å². The van der Waals surface area contributed by atoms with Crippen LogP contribution in [-0.4, -0.2) is 17.3 Å². The third-order valence-electron chi connectivity index (χ3n) is 0.713. The lowest BCUT2D eigenvalue weighted by Gasteiger charge is -2.05. The molecule has 2 heteroatoms. The highest BCUT2D eigenvalue weighted by Gasteiger charge is 1.97. The van der Waals surface area contributed by atoms with Crippen molar-refractivity contribution in [1.29, 1.82) is 0 Å². The second kappa shape index (κ2) is 2.99. The quantitative estimate of drug-likeness (QED) is 0.521. The van der Waals surface area contributed by atoms with Crippen molar-refractivity contribution >= 4 is 0 Å². The lowest BCUT2D eigenvalue weighted by Crippen LogP contribution is -2.20. The molecule has 0 aromatic carbocycles. The molecule has 0 fully saturated rings. The molecule has 0 aliphatic heterocycles. The van der Waals surface area contributed by atoms with Crippen LogP contribution in [0.3, 0.4) is 0 Å². The second-order valence-corrected chi connectivity index (χ2v) is 2.06. The van der Waals surface area contributed by atoms with Crippen molar-refractivity contribution in [3.05, 3.63) is 0 Å². The van der Waals surface area contributed by atoms with Gasteiger partial charge >= 0.3 is 0 Å². The Morgan fingerprint density at radius 1 is 1.57 bits per heavy atom. The second-order valence-electron chi connectivity index (χ2n) is 2.06. The lowest BCUT2D eigenvalue weighted by molar-refractivity contribution is 0.177. The van der Waals surface area contributed by atoms with E-state index >= 15 is 0 Å². The Hall–Kier alpha value is -0.0800. The Morgan fingerprint density at radius 2 is 2.00 bits per heavy atom. The van der Waals surface area contributed by atoms with Crippen LogP contribution in [0.4, 0.5) is 0 Å². The Balaban J connectivity index is 2.95. The van der Waals surface area contributed by atoms with Gasteiger partial charge in [-0.1, -0.05) is 0 Å². The number of hydrogen-bond donors (Lipinski definition) is 2. The van der Waals surface area contributed by atoms with Crippen molar-refractivity contribution in [3.8, 4) is 0 Å². The molecular formula is C5H13NO. The van der Waals surface area contributed by atoms with Crippen molar-refractivity contribution < 1.29 is 5.11 Å². The zero-order valence-electron chi connectivity index (χ0n) is 4.89. The predicted molar refractivity (Wildman–Crippen MR) is 29.9 cm³/mol. The van der Waals surface area contributed by atoms with E-state index in [4.69, 9.17) is 10.8 Å². The summed E-state index contributed by atoms with van der Waals surface area (Å²) in [4.78, 5) is 0. The molecule has 0 radical (unpaired) electrons. The highest BCUT2D eigenvalue weighted by Crippen LogP contribution is 1.91. The molecular weight excluding hydrogens is 90.1 g/mol. The molecule has 44 valence electrons. The van der Waals surface area contributed by atoms with Gasteiger partial charge < -0.3 is 10.8 Å². The SMILES string of the molecule is C[C@H](N)C[C@H](C)O. The van der Waals surface area contributed by atoms with Crippen LogP contribution in [0.15, 0.2) is 0 Å². The maximum atomic E-state index is 8.64. The molecule has 0 saturated carbocycles. The fourth-order valence-electron chi connectivity index (χ4n) is 0.538. The average molecular weight is 103 g/mol. The number of hydrogen-bond acceptors (Lipinski definition) is 2. The van der Waals surface area contributed by atoms with Crippen molar-refractivity contribution in [3.63, 3.8) is 0 Å². The highest BCUT2D eigenvalue weighted by molar-refractivity contribution is 4.56. The van der Waals surface area contributed by atoms with Crippen molar-refractivity contribution in [2.24, 2.45) is 5.73 Å². The lowest BCUT2D eigenvalue weighted by atomic mass is 10.2. The van der Waals surface area contributed by atoms with Crippen LogP contribution in [0.2, 0.25) is 0 Å². The molecule has 0 aromatic heterocycles. The largest absolute Gasteiger partial charge is 0.393 e. The molecule has 2 nitrogen and oxygen atoms in total. The molecule has 0 heterocycles. The van der Waals surface area contributed by atoms with Gasteiger partial charge in [-0.25, -0.2) is 0 Å². The van der Waals surface area contributed by atoms with E-state index in [0.717, 1.165) is 0 Å². The van der Waals surface area contributed by atoms with Crippen LogP contribution in [0.1, 0.15) is 20.3 Å². The molecule has 0 aromatic rings. The van der Waals surface area contributed by atoms with E-state index < -0.39 is 0 Å². The third kappa shape index (κ3) is 5.92. The first kappa shape index (κ1) is 6.92. The zero-order valence-corrected chi connectivity index (χ0v) is 4.89. The summed E-state index contributed by atoms with van der Waals surface area (Å²) < 4.78 is 0. The minimum Gasteiger partial charge on any atom is -0.393 e. The first-order chi connectivity index (χ1) is 3.13. The maximum absolute atomic E-state index is 8.64. The number of nitrogens with two attached hydrogens (primary N) is 1. The van der Waals surface area contributed by atoms with Gasteiger partial charge in [-0.3, -0.25) is 0 Å². The van der Waals surface area contributed by atoms with E-state index in [-0.39, 0.29) is 12.1 Å². The van der Waals surface area contributed by atoms with Crippen LogP contribution in [-0.2, 0) is 0 Å². The van der Waals surface area contributed by atoms with Crippen molar-refractivity contribution in [1.82, 2.24) is 0 Å². The topological polar surface area (TPSA) is 46.2 Å². The fraction of sp³-hybridized carbons (Fsp3) is 1.00. The van der Waals surface area contributed by atoms with Gasteiger partial charge in [-0.2, -0.15) is 0 Å². The van der Waals surface area contributed by atoms with Crippen LogP contribution in [0.25, 0.3) is 0 Å². The molecule has 0 amide bonds. The predicted octanol–water partition coefficient (Wildman–Crippen LogP) is 0.105. The maximum Gasteiger partial charge on any atom is 0.0526 e. The molecule has 3 N–H and O–H groups in total. The first-order valence-corrected chi connectivity index (χ1v) is 2.56. The molecule has 0 aliphatic rings. The number of rotatable bonds is 2. The molecule has 0 aliphatic carbocycles. The molecule has 0 unspecified atom stereocenters. The van der Waals surface area contributed by atoms with E-state index in [9.17, 15) is 0 Å². The normalized spacial score (nSPS) is 18.9. The van der Waals surface area contributed by atoms with E-state index in [1.165, 1.54) is 0 Å². The van der Waals surface area contributed by atoms with Gasteiger partial charge in [0.15, 0.2) is 0 Å². The van der Waals surface area contributed by atoms with Crippen LogP contribution in [0.5, 0.6) is 0 Å². The van der Waals surface area contributed by atoms with E-state index in [2.05, 4.69) is 0 Å². The number of aliphatic hydroxyl groups is 1. The molecule has 0 spiro atoms. The number of aliphatic hydroxyl groups excluding tert-OH is 1. The first-order valence-electron chi connectivity index (χ1n) is 2.56. The average Bonchev–Trinajstić information content (AvgIpc) is 1.27. The van der Waals surface area contributed by atoms with Gasteiger partial charge in [0.25, 0.3) is 0 Å². The summed E-state index contributed by atoms with van der Waals surface area (Å²) in [6, 6.07) is 0.125. The van der Waals surface area contributed by atoms with E-state index in [1.807, 2.05) is 6.92 Å². The van der Waals surface area contributed by atoms with Crippen molar-refractivity contribution in [2.45, 2.75) is 32.4 Å². The van der Waals surface area contributed by atoms with Gasteiger partial charge in [-0.15, -0.1) is 0 Å². The smallest absolute Gasteiger partial charge is 0.0526 e. The Kier molecular flexibility index (Phi) is 2.96. The van der Waals surface area contributed by atoms with Gasteiger partial charge in [-0.05, 0) is 20.3 Å². The van der Waals surface area contributed by atoms with Gasteiger partial charge in [0.2, 0.25) is 0 Å². The Morgan fingerprint density at radius 3 is 2.00 bits per heavy atom. The summed E-state index contributed by atoms with van der Waals surface area (Å²) in [6.45, 7) is 3.62. The zero-order chi connectivity index (χ0) is 5.86. The third-order valence-corrected chi connectivity index (χ3v) is 0.713. The van der Waals surface area contributed by atoms with Crippen LogP contribution >= 0.6 is 0 Å². The van der Waals surface area contributed by atoms with Crippen LogP contribution < -0.4 is 5.73 Å². The standard InChI is InChI=1S/C5H13NO/c1-4(6)3-5(2)7/h4-5,7H,3,6H2,1-2H3/t4-,5-/m0/s1. The summed E-state index contributed by atoms with van der Waals surface area (Å²) in [5.41, 5.74) is 5.33. The Bertz CT molecular complexity index is 37.3. The van der Waals surface area contributed by atoms with Crippen LogP contribution in [0, 0.1) is 0 Å².